The minimum absolute atomic E-state index is 0.702. The van der Waals surface area contributed by atoms with E-state index >= 15 is 0 Å². The Balaban J connectivity index is 2.48. The highest BCUT2D eigenvalue weighted by atomic mass is 15.2. The molecule has 1 fully saturated rings. The Hall–Kier alpha value is -0.0800. The maximum atomic E-state index is 3.64. The van der Waals surface area contributed by atoms with Gasteiger partial charge in [-0.05, 0) is 37.6 Å². The number of rotatable bonds is 6. The molecule has 0 aromatic heterocycles. The van der Waals surface area contributed by atoms with Crippen LogP contribution in [0.25, 0.3) is 0 Å². The second-order valence-corrected chi connectivity index (χ2v) is 6.75. The molecule has 3 unspecified atom stereocenters. The van der Waals surface area contributed by atoms with Crippen molar-refractivity contribution in [1.82, 2.24) is 10.2 Å². The first kappa shape index (κ1) is 15.0. The minimum atomic E-state index is 0.702. The van der Waals surface area contributed by atoms with E-state index in [1.165, 1.54) is 13.0 Å². The van der Waals surface area contributed by atoms with E-state index in [4.69, 9.17) is 0 Å². The zero-order valence-electron chi connectivity index (χ0n) is 12.7. The highest BCUT2D eigenvalue weighted by Gasteiger charge is 2.32. The largest absolute Gasteiger partial charge is 0.315 e. The number of hydrogen-bond acceptors (Lipinski definition) is 2. The van der Waals surface area contributed by atoms with E-state index in [9.17, 15) is 0 Å². The highest BCUT2D eigenvalue weighted by molar-refractivity contribution is 4.88. The monoisotopic (exact) mass is 240 g/mol. The molecule has 3 atom stereocenters. The lowest BCUT2D eigenvalue weighted by Crippen LogP contribution is -2.47. The van der Waals surface area contributed by atoms with E-state index in [0.29, 0.717) is 6.04 Å². The Labute approximate surface area is 108 Å². The third-order valence-electron chi connectivity index (χ3n) is 3.93. The van der Waals surface area contributed by atoms with Gasteiger partial charge in [0, 0.05) is 25.2 Å². The first-order chi connectivity index (χ1) is 7.91. The summed E-state index contributed by atoms with van der Waals surface area (Å²) in [6.45, 7) is 17.6. The zero-order valence-corrected chi connectivity index (χ0v) is 12.7. The topological polar surface area (TPSA) is 15.3 Å². The first-order valence-electron chi connectivity index (χ1n) is 7.38. The Bertz CT molecular complexity index is 213. The lowest BCUT2D eigenvalue weighted by Gasteiger charge is -2.35. The first-order valence-corrected chi connectivity index (χ1v) is 7.38. The fraction of sp³-hybridized carbons (Fsp3) is 1.00. The van der Waals surface area contributed by atoms with Crippen LogP contribution in [0.2, 0.25) is 0 Å². The summed E-state index contributed by atoms with van der Waals surface area (Å²) >= 11 is 0. The third-order valence-corrected chi connectivity index (χ3v) is 3.93. The van der Waals surface area contributed by atoms with Gasteiger partial charge >= 0.3 is 0 Å². The molecule has 2 nitrogen and oxygen atoms in total. The van der Waals surface area contributed by atoms with Gasteiger partial charge in [0.1, 0.15) is 0 Å². The molecule has 0 aromatic rings. The fourth-order valence-electron chi connectivity index (χ4n) is 3.05. The van der Waals surface area contributed by atoms with Crippen molar-refractivity contribution in [1.29, 1.82) is 0 Å². The van der Waals surface area contributed by atoms with Crippen LogP contribution in [-0.4, -0.2) is 36.6 Å². The second-order valence-electron chi connectivity index (χ2n) is 6.75. The molecule has 0 bridgehead atoms. The van der Waals surface area contributed by atoms with Crippen molar-refractivity contribution < 1.29 is 0 Å². The van der Waals surface area contributed by atoms with E-state index in [-0.39, 0.29) is 0 Å². The molecule has 2 heteroatoms. The quantitative estimate of drug-likeness (QED) is 0.768. The standard InChI is InChI=1S/C15H32N2/c1-11(2)8-16-9-15(12(3)4)17-10-13(5)7-14(17)6/h11-16H,7-10H2,1-6H3. The Morgan fingerprint density at radius 2 is 1.76 bits per heavy atom. The molecule has 0 aromatic carbocycles. The van der Waals surface area contributed by atoms with Gasteiger partial charge in [-0.2, -0.15) is 0 Å². The van der Waals surface area contributed by atoms with Gasteiger partial charge in [-0.3, -0.25) is 4.90 Å². The van der Waals surface area contributed by atoms with Gasteiger partial charge in [-0.1, -0.05) is 34.6 Å². The minimum Gasteiger partial charge on any atom is -0.315 e. The predicted molar refractivity (Wildman–Crippen MR) is 76.3 cm³/mol. The molecular weight excluding hydrogens is 208 g/mol. The summed E-state index contributed by atoms with van der Waals surface area (Å²) in [5.74, 6) is 2.36. The van der Waals surface area contributed by atoms with Crippen LogP contribution in [-0.2, 0) is 0 Å². The molecule has 1 N–H and O–H groups in total. The van der Waals surface area contributed by atoms with Crippen LogP contribution in [0.3, 0.4) is 0 Å². The fourth-order valence-corrected chi connectivity index (χ4v) is 3.05. The number of nitrogens with zero attached hydrogens (tertiary/aromatic N) is 1. The van der Waals surface area contributed by atoms with Crippen molar-refractivity contribution >= 4 is 0 Å². The van der Waals surface area contributed by atoms with Crippen LogP contribution in [0.1, 0.15) is 48.0 Å². The van der Waals surface area contributed by atoms with E-state index in [2.05, 4.69) is 51.8 Å². The SMILES string of the molecule is CC(C)CNCC(C(C)C)N1CC(C)CC1C. The molecule has 0 amide bonds. The van der Waals surface area contributed by atoms with Crippen LogP contribution in [0.4, 0.5) is 0 Å². The lowest BCUT2D eigenvalue weighted by molar-refractivity contribution is 0.142. The number of hydrogen-bond donors (Lipinski definition) is 1. The maximum absolute atomic E-state index is 3.64. The third kappa shape index (κ3) is 4.59. The molecule has 0 spiro atoms. The smallest absolute Gasteiger partial charge is 0.0246 e. The molecule has 1 aliphatic rings. The van der Waals surface area contributed by atoms with Gasteiger partial charge in [0.05, 0.1) is 0 Å². The van der Waals surface area contributed by atoms with Crippen LogP contribution in [0.5, 0.6) is 0 Å². The van der Waals surface area contributed by atoms with Crippen LogP contribution < -0.4 is 5.32 Å². The average molecular weight is 240 g/mol. The summed E-state index contributed by atoms with van der Waals surface area (Å²) in [6, 6.07) is 1.46. The normalized spacial score (nSPS) is 28.2. The summed E-state index contributed by atoms with van der Waals surface area (Å²) in [5.41, 5.74) is 0. The average Bonchev–Trinajstić information content (AvgIpc) is 2.51. The molecular formula is C15H32N2. The van der Waals surface area contributed by atoms with Crippen LogP contribution in [0, 0.1) is 17.8 Å². The van der Waals surface area contributed by atoms with Gasteiger partial charge in [0.25, 0.3) is 0 Å². The zero-order chi connectivity index (χ0) is 13.0. The summed E-state index contributed by atoms with van der Waals surface area (Å²) in [7, 11) is 0. The van der Waals surface area contributed by atoms with E-state index < -0.39 is 0 Å². The molecule has 0 saturated carbocycles. The van der Waals surface area contributed by atoms with Crippen LogP contribution >= 0.6 is 0 Å². The van der Waals surface area contributed by atoms with Gasteiger partial charge in [-0.15, -0.1) is 0 Å². The number of likely N-dealkylation sites (tertiary alicyclic amines) is 1. The van der Waals surface area contributed by atoms with Crippen molar-refractivity contribution in [2.75, 3.05) is 19.6 Å². The summed E-state index contributed by atoms with van der Waals surface area (Å²) in [6.07, 6.45) is 1.37. The number of nitrogens with one attached hydrogen (secondary N) is 1. The van der Waals surface area contributed by atoms with Crippen LogP contribution in [0.15, 0.2) is 0 Å². The van der Waals surface area contributed by atoms with Crippen molar-refractivity contribution in [3.8, 4) is 0 Å². The van der Waals surface area contributed by atoms with Crippen molar-refractivity contribution in [3.63, 3.8) is 0 Å². The molecule has 102 valence electrons. The molecule has 0 radical (unpaired) electrons. The molecule has 1 rings (SSSR count). The van der Waals surface area contributed by atoms with E-state index in [1.807, 2.05) is 0 Å². The molecule has 17 heavy (non-hydrogen) atoms. The Morgan fingerprint density at radius 1 is 1.12 bits per heavy atom. The van der Waals surface area contributed by atoms with Gasteiger partial charge in [0.2, 0.25) is 0 Å². The lowest BCUT2D eigenvalue weighted by atomic mass is 10.0. The van der Waals surface area contributed by atoms with Crippen molar-refractivity contribution in [2.24, 2.45) is 17.8 Å². The predicted octanol–water partition coefficient (Wildman–Crippen LogP) is 2.99. The summed E-state index contributed by atoms with van der Waals surface area (Å²) < 4.78 is 0. The summed E-state index contributed by atoms with van der Waals surface area (Å²) in [5, 5.41) is 3.64. The van der Waals surface area contributed by atoms with Gasteiger partial charge in [-0.25, -0.2) is 0 Å². The van der Waals surface area contributed by atoms with Gasteiger partial charge in [0.15, 0.2) is 0 Å². The Morgan fingerprint density at radius 3 is 2.18 bits per heavy atom. The Kier molecular flexibility index (Phi) is 5.94. The van der Waals surface area contributed by atoms with Gasteiger partial charge < -0.3 is 5.32 Å². The molecule has 0 aliphatic carbocycles. The maximum Gasteiger partial charge on any atom is 0.0246 e. The molecule has 1 heterocycles. The van der Waals surface area contributed by atoms with Crippen molar-refractivity contribution in [2.45, 2.75) is 60.0 Å². The molecule has 1 aliphatic heterocycles. The van der Waals surface area contributed by atoms with Crippen molar-refractivity contribution in [3.05, 3.63) is 0 Å². The highest BCUT2D eigenvalue weighted by Crippen LogP contribution is 2.27. The summed E-state index contributed by atoms with van der Waals surface area (Å²) in [4.78, 5) is 2.72. The van der Waals surface area contributed by atoms with E-state index in [1.54, 1.807) is 0 Å². The molecule has 1 saturated heterocycles. The van der Waals surface area contributed by atoms with E-state index in [0.717, 1.165) is 36.9 Å². The second kappa shape index (κ2) is 6.75.